The summed E-state index contributed by atoms with van der Waals surface area (Å²) in [5.74, 6) is -0.755. The van der Waals surface area contributed by atoms with Crippen molar-refractivity contribution < 1.29 is 33.0 Å². The molecule has 0 bridgehead atoms. The number of hydrogen-bond acceptors (Lipinski definition) is 10. The van der Waals surface area contributed by atoms with E-state index in [0.29, 0.717) is 28.5 Å². The Labute approximate surface area is 345 Å². The van der Waals surface area contributed by atoms with E-state index in [4.69, 9.17) is 9.47 Å². The van der Waals surface area contributed by atoms with Crippen molar-refractivity contribution in [3.63, 3.8) is 0 Å². The number of piperazine rings is 1. The summed E-state index contributed by atoms with van der Waals surface area (Å²) in [5, 5.41) is 17.4. The van der Waals surface area contributed by atoms with Gasteiger partial charge in [0.25, 0.3) is 11.8 Å². The SMILES string of the molecule is COc1cc(O[C@H]2C(C)(C)[C@H](NC(=O)c3ccc(N4CCC(CN5CCN(c6ccc(F)c(C(=O)N[C@H]7CCC(=O)NC7=O)c6)CC5)CC4)cc3)C2(C)C)ccc1C#N. The number of nitrogens with one attached hydrogen (secondary N) is 3. The summed E-state index contributed by atoms with van der Waals surface area (Å²) < 4.78 is 26.5. The molecule has 3 aliphatic heterocycles. The molecule has 1 aliphatic carbocycles. The summed E-state index contributed by atoms with van der Waals surface area (Å²) >= 11 is 0. The van der Waals surface area contributed by atoms with Crippen LogP contribution in [-0.4, -0.2) is 99.6 Å². The van der Waals surface area contributed by atoms with Crippen molar-refractivity contribution >= 4 is 35.0 Å². The Bertz CT molecular complexity index is 2100. The summed E-state index contributed by atoms with van der Waals surface area (Å²) in [4.78, 5) is 57.0. The fourth-order valence-electron chi connectivity index (χ4n) is 9.69. The monoisotopic (exact) mass is 807 g/mol. The van der Waals surface area contributed by atoms with Crippen molar-refractivity contribution in [3.8, 4) is 17.6 Å². The number of nitrogens with zero attached hydrogens (tertiary/aromatic N) is 4. The largest absolute Gasteiger partial charge is 0.495 e. The average Bonchev–Trinajstić information content (AvgIpc) is 3.23. The highest BCUT2D eigenvalue weighted by atomic mass is 19.1. The molecule has 0 radical (unpaired) electrons. The lowest BCUT2D eigenvalue weighted by Crippen LogP contribution is -2.74. The predicted molar refractivity (Wildman–Crippen MR) is 221 cm³/mol. The molecule has 3 aromatic rings. The van der Waals surface area contributed by atoms with Gasteiger partial charge < -0.3 is 29.9 Å². The number of carbonyl (C=O) groups excluding carboxylic acids is 4. The van der Waals surface area contributed by atoms with Gasteiger partial charge in [0.05, 0.1) is 18.2 Å². The maximum absolute atomic E-state index is 14.7. The van der Waals surface area contributed by atoms with Gasteiger partial charge in [-0.25, -0.2) is 4.39 Å². The van der Waals surface area contributed by atoms with E-state index in [1.165, 1.54) is 13.2 Å². The molecule has 312 valence electrons. The minimum Gasteiger partial charge on any atom is -0.495 e. The molecule has 13 nitrogen and oxygen atoms in total. The smallest absolute Gasteiger partial charge is 0.254 e. The van der Waals surface area contributed by atoms with Crippen LogP contribution in [0.1, 0.15) is 79.7 Å². The van der Waals surface area contributed by atoms with Gasteiger partial charge in [-0.05, 0) is 79.8 Å². The van der Waals surface area contributed by atoms with E-state index in [2.05, 4.69) is 64.4 Å². The minimum absolute atomic E-state index is 0.116. The highest BCUT2D eigenvalue weighted by Gasteiger charge is 2.64. The molecule has 4 fully saturated rings. The molecule has 0 unspecified atom stereocenters. The number of benzene rings is 3. The van der Waals surface area contributed by atoms with Crippen LogP contribution >= 0.6 is 0 Å². The van der Waals surface area contributed by atoms with Crippen molar-refractivity contribution in [1.82, 2.24) is 20.9 Å². The second-order valence-corrected chi connectivity index (χ2v) is 17.4. The molecule has 1 atom stereocenters. The van der Waals surface area contributed by atoms with Crippen LogP contribution < -0.4 is 35.2 Å². The van der Waals surface area contributed by atoms with Gasteiger partial charge in [0.15, 0.2) is 0 Å². The van der Waals surface area contributed by atoms with Crippen molar-refractivity contribution in [2.24, 2.45) is 16.7 Å². The van der Waals surface area contributed by atoms with Gasteiger partial charge in [0, 0.05) is 92.1 Å². The lowest BCUT2D eigenvalue weighted by molar-refractivity contribution is -0.164. The second kappa shape index (κ2) is 16.9. The van der Waals surface area contributed by atoms with Crippen LogP contribution in [0.5, 0.6) is 11.5 Å². The van der Waals surface area contributed by atoms with E-state index in [9.17, 15) is 28.8 Å². The molecule has 14 heteroatoms. The molecular weight excluding hydrogens is 754 g/mol. The van der Waals surface area contributed by atoms with Gasteiger partial charge in [-0.15, -0.1) is 0 Å². The van der Waals surface area contributed by atoms with Gasteiger partial charge in [-0.2, -0.15) is 5.26 Å². The summed E-state index contributed by atoms with van der Waals surface area (Å²) in [5.41, 5.74) is 2.09. The molecule has 4 amide bonds. The van der Waals surface area contributed by atoms with Crippen molar-refractivity contribution in [2.75, 3.05) is 62.7 Å². The summed E-state index contributed by atoms with van der Waals surface area (Å²) in [6.45, 7) is 14.5. The number of anilines is 2. The molecule has 0 aromatic heterocycles. The Morgan fingerprint density at radius 3 is 2.15 bits per heavy atom. The van der Waals surface area contributed by atoms with Crippen molar-refractivity contribution in [3.05, 3.63) is 83.2 Å². The lowest BCUT2D eigenvalue weighted by Gasteiger charge is -2.63. The zero-order valence-electron chi connectivity index (χ0n) is 34.5. The highest BCUT2D eigenvalue weighted by molar-refractivity contribution is 6.04. The van der Waals surface area contributed by atoms with Gasteiger partial charge in [0.1, 0.15) is 35.5 Å². The molecule has 7 rings (SSSR count). The topological polar surface area (TPSA) is 156 Å². The molecule has 3 aromatic carbocycles. The van der Waals surface area contributed by atoms with Crippen molar-refractivity contribution in [1.29, 1.82) is 5.26 Å². The third-order valence-electron chi connectivity index (χ3n) is 12.8. The Morgan fingerprint density at radius 2 is 1.51 bits per heavy atom. The van der Waals surface area contributed by atoms with Gasteiger partial charge >= 0.3 is 0 Å². The van der Waals surface area contributed by atoms with Crippen molar-refractivity contribution in [2.45, 2.75) is 71.6 Å². The molecule has 1 saturated carbocycles. The normalized spacial score (nSPS) is 23.0. The van der Waals surface area contributed by atoms with Crippen LogP contribution in [0.15, 0.2) is 60.7 Å². The molecule has 0 spiro atoms. The Hall–Kier alpha value is -5.68. The van der Waals surface area contributed by atoms with Crippen LogP contribution in [0.2, 0.25) is 0 Å². The number of halogens is 1. The number of ether oxygens (including phenoxy) is 2. The number of hydrogen-bond donors (Lipinski definition) is 3. The number of rotatable bonds is 11. The maximum atomic E-state index is 14.7. The number of piperidine rings is 2. The van der Waals surface area contributed by atoms with Gasteiger partial charge in [-0.1, -0.05) is 27.7 Å². The van der Waals surface area contributed by atoms with Crippen LogP contribution in [0.4, 0.5) is 15.8 Å². The second-order valence-electron chi connectivity index (χ2n) is 17.4. The van der Waals surface area contributed by atoms with Gasteiger partial charge in [0.2, 0.25) is 11.8 Å². The standard InChI is InChI=1S/C45H54FN7O6/c1-44(2)42(45(3,4)43(44)59-33-12-8-30(26-47)37(25-33)58-5)50-39(55)29-6-9-31(10-7-29)52-18-16-28(17-19-52)27-51-20-22-53(23-21-51)32-11-13-35(46)34(24-32)40(56)48-36-14-15-38(54)49-41(36)57/h6-13,24-25,28,36,42-43H,14-23,27H2,1-5H3,(H,48,56)(H,50,55)(H,49,54,57)/t36-,42-,43-/m0/s1. The fraction of sp³-hybridized carbons (Fsp3) is 0.489. The van der Waals surface area contributed by atoms with E-state index in [-0.39, 0.29) is 53.2 Å². The first-order chi connectivity index (χ1) is 28.2. The summed E-state index contributed by atoms with van der Waals surface area (Å²) in [6, 6.07) is 18.7. The zero-order chi connectivity index (χ0) is 42.1. The molecule has 59 heavy (non-hydrogen) atoms. The molecule has 4 aliphatic rings. The van der Waals surface area contributed by atoms with Gasteiger partial charge in [-0.3, -0.25) is 29.4 Å². The summed E-state index contributed by atoms with van der Waals surface area (Å²) in [6.07, 6.45) is 2.26. The first kappa shape index (κ1) is 41.5. The maximum Gasteiger partial charge on any atom is 0.254 e. The Balaban J connectivity index is 0.855. The lowest BCUT2D eigenvalue weighted by atomic mass is 9.49. The highest BCUT2D eigenvalue weighted by Crippen LogP contribution is 2.55. The van der Waals surface area contributed by atoms with E-state index in [1.807, 2.05) is 24.3 Å². The van der Waals surface area contributed by atoms with E-state index in [0.717, 1.165) is 70.0 Å². The Morgan fingerprint density at radius 1 is 0.847 bits per heavy atom. The van der Waals surface area contributed by atoms with E-state index in [1.54, 1.807) is 30.3 Å². The number of amides is 4. The summed E-state index contributed by atoms with van der Waals surface area (Å²) in [7, 11) is 1.53. The zero-order valence-corrected chi connectivity index (χ0v) is 34.5. The fourth-order valence-corrected chi connectivity index (χ4v) is 9.69. The first-order valence-corrected chi connectivity index (χ1v) is 20.5. The molecule has 3 saturated heterocycles. The average molecular weight is 808 g/mol. The van der Waals surface area contributed by atoms with Crippen LogP contribution in [0.25, 0.3) is 0 Å². The third-order valence-corrected chi connectivity index (χ3v) is 12.8. The molecule has 3 N–H and O–H groups in total. The minimum atomic E-state index is -0.873. The number of carbonyl (C=O) groups is 4. The predicted octanol–water partition coefficient (Wildman–Crippen LogP) is 4.89. The number of nitriles is 1. The van der Waals surface area contributed by atoms with Crippen LogP contribution in [0, 0.1) is 33.9 Å². The van der Waals surface area contributed by atoms with E-state index >= 15 is 0 Å². The third kappa shape index (κ3) is 8.71. The Kier molecular flexibility index (Phi) is 11.9. The first-order valence-electron chi connectivity index (χ1n) is 20.5. The number of methoxy groups -OCH3 is 1. The van der Waals surface area contributed by atoms with Crippen LogP contribution in [0.3, 0.4) is 0 Å². The number of imide groups is 1. The quantitative estimate of drug-likeness (QED) is 0.228. The molecule has 3 heterocycles. The van der Waals surface area contributed by atoms with E-state index < -0.39 is 23.7 Å². The molecular formula is C45H54FN7O6. The van der Waals surface area contributed by atoms with Crippen LogP contribution in [-0.2, 0) is 9.59 Å².